The summed E-state index contributed by atoms with van der Waals surface area (Å²) in [6.07, 6.45) is -3.99. The zero-order valence-corrected chi connectivity index (χ0v) is 21.4. The van der Waals surface area contributed by atoms with Crippen LogP contribution in [0.25, 0.3) is 11.3 Å². The molecule has 0 unspecified atom stereocenters. The van der Waals surface area contributed by atoms with Gasteiger partial charge >= 0.3 is 0 Å². The second kappa shape index (κ2) is 11.1. The molecule has 3 heterocycles. The number of fused-ring (bicyclic) bond motifs is 1. The van der Waals surface area contributed by atoms with E-state index in [2.05, 4.69) is 10.3 Å². The molecule has 5 atom stereocenters. The van der Waals surface area contributed by atoms with E-state index in [1.54, 1.807) is 13.1 Å². The molecule has 12 nitrogen and oxygen atoms in total. The van der Waals surface area contributed by atoms with Crippen LogP contribution in [-0.2, 0) is 9.53 Å². The minimum atomic E-state index is -1.51. The van der Waals surface area contributed by atoms with Crippen LogP contribution in [0.1, 0.15) is 6.04 Å². The first-order valence-electron chi connectivity index (χ1n) is 12.4. The molecule has 1 fully saturated rings. The van der Waals surface area contributed by atoms with Gasteiger partial charge in [-0.05, 0) is 24.3 Å². The summed E-state index contributed by atoms with van der Waals surface area (Å²) >= 11 is 0. The van der Waals surface area contributed by atoms with Gasteiger partial charge in [0.25, 0.3) is 5.91 Å². The first kappa shape index (κ1) is 26.8. The molecule has 2 aliphatic heterocycles. The first-order valence-corrected chi connectivity index (χ1v) is 12.4. The van der Waals surface area contributed by atoms with E-state index in [-0.39, 0.29) is 6.79 Å². The van der Waals surface area contributed by atoms with Gasteiger partial charge in [0, 0.05) is 44.5 Å². The van der Waals surface area contributed by atoms with Crippen molar-refractivity contribution < 1.29 is 38.7 Å². The van der Waals surface area contributed by atoms with Gasteiger partial charge < -0.3 is 39.3 Å². The van der Waals surface area contributed by atoms with E-state index >= 15 is 0 Å². The topological polar surface area (TPSA) is 143 Å². The maximum atomic E-state index is 13.7. The lowest BCUT2D eigenvalue weighted by Crippen LogP contribution is -2.60. The van der Waals surface area contributed by atoms with Crippen LogP contribution in [-0.4, -0.2) is 106 Å². The molecule has 208 valence electrons. The fraction of sp³-hybridized carbons (Fsp3) is 0.423. The van der Waals surface area contributed by atoms with Crippen molar-refractivity contribution in [3.05, 3.63) is 54.5 Å². The maximum Gasteiger partial charge on any atom is 0.254 e. The van der Waals surface area contributed by atoms with Crippen molar-refractivity contribution in [2.45, 2.75) is 30.5 Å². The molecule has 0 radical (unpaired) electrons. The van der Waals surface area contributed by atoms with Gasteiger partial charge in [-0.2, -0.15) is 0 Å². The molecule has 3 aromatic rings. The Balaban J connectivity index is 1.28. The van der Waals surface area contributed by atoms with E-state index in [1.165, 1.54) is 34.0 Å². The summed E-state index contributed by atoms with van der Waals surface area (Å²) in [7, 11) is 3.45. The van der Waals surface area contributed by atoms with Crippen molar-refractivity contribution in [2.75, 3.05) is 45.5 Å². The summed E-state index contributed by atoms with van der Waals surface area (Å²) in [4.78, 5) is 16.7. The number of amides is 1. The Morgan fingerprint density at radius 1 is 1.10 bits per heavy atom. The Labute approximate surface area is 223 Å². The van der Waals surface area contributed by atoms with Gasteiger partial charge in [-0.1, -0.05) is 17.3 Å². The van der Waals surface area contributed by atoms with Gasteiger partial charge in [-0.3, -0.25) is 4.79 Å². The number of aliphatic hydroxyl groups is 3. The highest BCUT2D eigenvalue weighted by molar-refractivity contribution is 5.81. The molecule has 2 aromatic carbocycles. The second-order valence-corrected chi connectivity index (χ2v) is 9.56. The fourth-order valence-electron chi connectivity index (χ4n) is 4.70. The summed E-state index contributed by atoms with van der Waals surface area (Å²) in [5, 5.41) is 39.9. The quantitative estimate of drug-likeness (QED) is 0.366. The number of ether oxygens (including phenoxy) is 3. The molecular weight excluding hydrogens is 513 g/mol. The number of anilines is 1. The Kier molecular flexibility index (Phi) is 7.66. The van der Waals surface area contributed by atoms with Crippen LogP contribution in [0, 0.1) is 5.82 Å². The average Bonchev–Trinajstić information content (AvgIpc) is 3.61. The molecule has 1 amide bonds. The van der Waals surface area contributed by atoms with Crippen molar-refractivity contribution >= 4 is 11.6 Å². The summed E-state index contributed by atoms with van der Waals surface area (Å²) in [5.74, 6) is 0.345. The van der Waals surface area contributed by atoms with E-state index in [0.717, 1.165) is 5.69 Å². The largest absolute Gasteiger partial charge is 0.454 e. The number of benzene rings is 2. The molecule has 0 saturated carbocycles. The van der Waals surface area contributed by atoms with Crippen LogP contribution in [0.2, 0.25) is 0 Å². The Bertz CT molecular complexity index is 1320. The predicted octanol–water partition coefficient (Wildman–Crippen LogP) is 0.430. The number of aliphatic hydroxyl groups excluding tert-OH is 3. The van der Waals surface area contributed by atoms with Crippen LogP contribution in [0.3, 0.4) is 0 Å². The number of likely N-dealkylation sites (N-methyl/N-ethyl adjacent to an activating group) is 2. The summed E-state index contributed by atoms with van der Waals surface area (Å²) in [6.45, 7) is 0.339. The third-order valence-corrected chi connectivity index (χ3v) is 7.02. The van der Waals surface area contributed by atoms with Crippen molar-refractivity contribution in [3.8, 4) is 22.8 Å². The molecule has 0 spiro atoms. The Morgan fingerprint density at radius 2 is 1.90 bits per heavy atom. The third-order valence-electron chi connectivity index (χ3n) is 7.02. The smallest absolute Gasteiger partial charge is 0.254 e. The second-order valence-electron chi connectivity index (χ2n) is 9.56. The molecule has 2 aliphatic rings. The normalized spacial score (nSPS) is 24.0. The Hall–Kier alpha value is -3.78. The van der Waals surface area contributed by atoms with E-state index < -0.39 is 48.8 Å². The summed E-state index contributed by atoms with van der Waals surface area (Å²) in [5.41, 5.74) is 1.64. The number of hydrogen-bond acceptors (Lipinski definition) is 10. The lowest BCUT2D eigenvalue weighted by atomic mass is 9.92. The van der Waals surface area contributed by atoms with E-state index in [9.17, 15) is 24.5 Å². The van der Waals surface area contributed by atoms with Crippen LogP contribution < -0.4 is 14.4 Å². The van der Waals surface area contributed by atoms with E-state index in [0.29, 0.717) is 35.8 Å². The Morgan fingerprint density at radius 3 is 2.67 bits per heavy atom. The van der Waals surface area contributed by atoms with Crippen LogP contribution >= 0.6 is 0 Å². The molecule has 5 rings (SSSR count). The SMILES string of the molecule is CN(CCN(C)c1ccc2c(c1)OCO2)C(=O)[C@@H]1O[C@H](CO)[C@H](O)[C@H](n2cc(-c3cccc(F)c3)nn2)[C@H]1O. The number of hydrogen-bond donors (Lipinski definition) is 3. The molecular formula is C26H30FN5O7. The first-order chi connectivity index (χ1) is 18.8. The standard InChI is InChI=1S/C26H30FN5O7/c1-30(17-6-7-19-20(11-17)38-14-37-19)8-9-31(2)26(36)25-24(35)22(23(34)21(13-33)39-25)32-12-18(28-29-32)15-4-3-5-16(27)10-15/h3-7,10-12,21-25,33-35H,8-9,13-14H2,1-2H3/t21-,22+,23+,24-,25-/m1/s1. The zero-order chi connectivity index (χ0) is 27.7. The van der Waals surface area contributed by atoms with Gasteiger partial charge in [-0.25, -0.2) is 9.07 Å². The molecule has 3 N–H and O–H groups in total. The minimum Gasteiger partial charge on any atom is -0.454 e. The monoisotopic (exact) mass is 543 g/mol. The molecule has 13 heteroatoms. The highest BCUT2D eigenvalue weighted by Crippen LogP contribution is 2.35. The van der Waals surface area contributed by atoms with Gasteiger partial charge in [0.05, 0.1) is 12.8 Å². The molecule has 1 aromatic heterocycles. The van der Waals surface area contributed by atoms with Crippen molar-refractivity contribution in [3.63, 3.8) is 0 Å². The lowest BCUT2D eigenvalue weighted by molar-refractivity contribution is -0.210. The van der Waals surface area contributed by atoms with Gasteiger partial charge in [0.2, 0.25) is 6.79 Å². The van der Waals surface area contributed by atoms with E-state index in [1.807, 2.05) is 30.1 Å². The van der Waals surface area contributed by atoms with Crippen LogP contribution in [0.5, 0.6) is 11.5 Å². The van der Waals surface area contributed by atoms with Crippen molar-refractivity contribution in [2.24, 2.45) is 0 Å². The molecule has 1 saturated heterocycles. The van der Waals surface area contributed by atoms with Crippen molar-refractivity contribution in [1.82, 2.24) is 19.9 Å². The van der Waals surface area contributed by atoms with Crippen LogP contribution in [0.4, 0.5) is 10.1 Å². The maximum absolute atomic E-state index is 13.7. The predicted molar refractivity (Wildman–Crippen MR) is 136 cm³/mol. The zero-order valence-electron chi connectivity index (χ0n) is 21.4. The summed E-state index contributed by atoms with van der Waals surface area (Å²) < 4.78 is 31.3. The fourth-order valence-corrected chi connectivity index (χ4v) is 4.70. The summed E-state index contributed by atoms with van der Waals surface area (Å²) in [6, 6.07) is 10.2. The number of rotatable bonds is 8. The van der Waals surface area contributed by atoms with Gasteiger partial charge in [0.15, 0.2) is 17.6 Å². The lowest BCUT2D eigenvalue weighted by Gasteiger charge is -2.42. The third kappa shape index (κ3) is 5.39. The van der Waals surface area contributed by atoms with Crippen LogP contribution in [0.15, 0.2) is 48.7 Å². The highest BCUT2D eigenvalue weighted by Gasteiger charge is 2.49. The molecule has 0 aliphatic carbocycles. The minimum absolute atomic E-state index is 0.175. The van der Waals surface area contributed by atoms with Gasteiger partial charge in [-0.15, -0.1) is 5.10 Å². The molecule has 39 heavy (non-hydrogen) atoms. The number of aromatic nitrogens is 3. The van der Waals surface area contributed by atoms with Gasteiger partial charge in [0.1, 0.15) is 35.9 Å². The molecule has 0 bridgehead atoms. The number of carbonyl (C=O) groups is 1. The average molecular weight is 544 g/mol. The number of halogens is 1. The van der Waals surface area contributed by atoms with E-state index in [4.69, 9.17) is 14.2 Å². The highest BCUT2D eigenvalue weighted by atomic mass is 19.1. The van der Waals surface area contributed by atoms with Crippen molar-refractivity contribution in [1.29, 1.82) is 0 Å². The number of nitrogens with zero attached hydrogens (tertiary/aromatic N) is 5. The number of carbonyl (C=O) groups excluding carboxylic acids is 1.